The van der Waals surface area contributed by atoms with Gasteiger partial charge in [0.15, 0.2) is 0 Å². The zero-order valence-electron chi connectivity index (χ0n) is 19.4. The van der Waals surface area contributed by atoms with Gasteiger partial charge in [0.05, 0.1) is 26.3 Å². The lowest BCUT2D eigenvalue weighted by Gasteiger charge is -2.27. The monoisotopic (exact) mass is 516 g/mol. The second kappa shape index (κ2) is 17.1. The van der Waals surface area contributed by atoms with Crippen molar-refractivity contribution in [1.29, 1.82) is 0 Å². The molecule has 0 unspecified atom stereocenters. The Kier molecular flexibility index (Phi) is 16.7. The van der Waals surface area contributed by atoms with Crippen LogP contribution in [0.4, 0.5) is 11.4 Å². The highest BCUT2D eigenvalue weighted by molar-refractivity contribution is 14.0. The number of quaternary nitrogens is 1. The molecule has 29 heavy (non-hydrogen) atoms. The maximum absolute atomic E-state index is 12.1. The van der Waals surface area contributed by atoms with Gasteiger partial charge in [0.1, 0.15) is 5.69 Å². The fourth-order valence-electron chi connectivity index (χ4n) is 3.43. The molecule has 3 nitrogen and oxygen atoms in total. The van der Waals surface area contributed by atoms with Crippen LogP contribution in [0.5, 0.6) is 0 Å². The van der Waals surface area contributed by atoms with Gasteiger partial charge in [-0.1, -0.05) is 77.6 Å². The lowest BCUT2D eigenvalue weighted by atomic mass is 10.0. The largest absolute Gasteiger partial charge is 0.862 e. The molecule has 0 saturated heterocycles. The smallest absolute Gasteiger partial charge is 0.132 e. The third-order valence-corrected chi connectivity index (χ3v) is 5.84. The minimum Gasteiger partial charge on any atom is -0.862 e. The van der Waals surface area contributed by atoms with Crippen molar-refractivity contribution >= 4 is 41.2 Å². The van der Waals surface area contributed by atoms with E-state index in [-0.39, 0.29) is 29.9 Å². The molecule has 0 amide bonds. The Balaban J connectivity index is 0.00000784. The van der Waals surface area contributed by atoms with Gasteiger partial charge in [-0.15, -0.1) is 24.0 Å². The number of hydrogen-bond donors (Lipinski definition) is 0. The summed E-state index contributed by atoms with van der Waals surface area (Å²) in [5.41, 5.74) is 2.03. The molecular formula is C25H45IN2O. The molecular weight excluding hydrogens is 471 g/mol. The predicted molar refractivity (Wildman–Crippen MR) is 139 cm³/mol. The normalized spacial score (nSPS) is 12.1. The Labute approximate surface area is 197 Å². The summed E-state index contributed by atoms with van der Waals surface area (Å²) in [7, 11) is 4.37. The van der Waals surface area contributed by atoms with Crippen LogP contribution in [-0.2, 0) is 0 Å². The lowest BCUT2D eigenvalue weighted by Crippen LogP contribution is -2.39. The molecule has 0 spiro atoms. The van der Waals surface area contributed by atoms with Gasteiger partial charge < -0.3 is 5.11 Å². The van der Waals surface area contributed by atoms with Crippen molar-refractivity contribution in [2.24, 2.45) is 4.99 Å². The highest BCUT2D eigenvalue weighted by Gasteiger charge is 2.15. The third kappa shape index (κ3) is 13.3. The fraction of sp³-hybridized carbons (Fsp3) is 0.720. The van der Waals surface area contributed by atoms with Gasteiger partial charge in [-0.25, -0.2) is 0 Å². The minimum atomic E-state index is 0. The second-order valence-electron chi connectivity index (χ2n) is 8.66. The molecule has 0 bridgehead atoms. The third-order valence-electron chi connectivity index (χ3n) is 5.84. The first-order valence-corrected chi connectivity index (χ1v) is 11.7. The van der Waals surface area contributed by atoms with Gasteiger partial charge in [-0.3, -0.25) is 9.48 Å². The summed E-state index contributed by atoms with van der Waals surface area (Å²) >= 11 is 0. The molecule has 168 valence electrons. The number of nitrogens with zero attached hydrogens (tertiary/aromatic N) is 2. The van der Waals surface area contributed by atoms with Crippen molar-refractivity contribution in [2.45, 2.75) is 97.3 Å². The molecule has 0 aliphatic rings. The predicted octanol–water partition coefficient (Wildman–Crippen LogP) is 7.37. The molecule has 0 fully saturated rings. The van der Waals surface area contributed by atoms with Crippen molar-refractivity contribution in [2.75, 3.05) is 20.6 Å². The van der Waals surface area contributed by atoms with Crippen LogP contribution in [0.2, 0.25) is 0 Å². The van der Waals surface area contributed by atoms with Gasteiger partial charge in [0.25, 0.3) is 0 Å². The number of benzene rings is 1. The molecule has 0 aliphatic heterocycles. The van der Waals surface area contributed by atoms with Crippen molar-refractivity contribution in [3.8, 4) is 0 Å². The first kappa shape index (κ1) is 28.4. The van der Waals surface area contributed by atoms with E-state index in [1.807, 2.05) is 12.1 Å². The Morgan fingerprint density at radius 1 is 0.759 bits per heavy atom. The number of hydrogen-bond acceptors (Lipinski definition) is 2. The number of halogens is 1. The minimum absolute atomic E-state index is 0. The molecule has 0 heterocycles. The van der Waals surface area contributed by atoms with Gasteiger partial charge in [-0.05, 0) is 37.8 Å². The second-order valence-corrected chi connectivity index (χ2v) is 8.66. The van der Waals surface area contributed by atoms with E-state index in [4.69, 9.17) is 0 Å². The number of unbranched alkanes of at least 4 members (excludes halogenated alkanes) is 11. The molecule has 4 heteroatoms. The van der Waals surface area contributed by atoms with Crippen molar-refractivity contribution < 1.29 is 5.11 Å². The van der Waals surface area contributed by atoms with E-state index >= 15 is 0 Å². The molecule has 1 aromatic carbocycles. The molecule has 0 aliphatic carbocycles. The summed E-state index contributed by atoms with van der Waals surface area (Å²) < 4.78 is 0.840. The highest BCUT2D eigenvalue weighted by Crippen LogP contribution is 2.23. The van der Waals surface area contributed by atoms with E-state index in [0.29, 0.717) is 6.42 Å². The average Bonchev–Trinajstić information content (AvgIpc) is 2.69. The van der Waals surface area contributed by atoms with E-state index in [9.17, 15) is 5.11 Å². The maximum atomic E-state index is 12.1. The van der Waals surface area contributed by atoms with Crippen LogP contribution in [-0.4, -0.2) is 26.5 Å². The van der Waals surface area contributed by atoms with Gasteiger partial charge in [0, 0.05) is 12.1 Å². The van der Waals surface area contributed by atoms with Gasteiger partial charge >= 0.3 is 0 Å². The van der Waals surface area contributed by atoms with E-state index in [1.54, 1.807) is 0 Å². The topological polar surface area (TPSA) is 35.4 Å². The summed E-state index contributed by atoms with van der Waals surface area (Å²) in [5, 5.41) is 12.1. The van der Waals surface area contributed by atoms with E-state index in [1.165, 1.54) is 69.9 Å². The fourth-order valence-corrected chi connectivity index (χ4v) is 3.43. The molecule has 0 radical (unpaired) electrons. The lowest BCUT2D eigenvalue weighted by molar-refractivity contribution is -0.218. The van der Waals surface area contributed by atoms with Crippen LogP contribution in [0.3, 0.4) is 0 Å². The van der Waals surface area contributed by atoms with Crippen molar-refractivity contribution in [3.63, 3.8) is 0 Å². The number of rotatable bonds is 16. The quantitative estimate of drug-likeness (QED) is 0.0743. The van der Waals surface area contributed by atoms with Crippen LogP contribution in [0, 0.1) is 0 Å². The van der Waals surface area contributed by atoms with Crippen LogP contribution in [0.15, 0.2) is 29.3 Å². The molecule has 1 rings (SSSR count). The van der Waals surface area contributed by atoms with Crippen molar-refractivity contribution in [1.82, 2.24) is 4.48 Å². The SMILES string of the molecule is CCCCCCCCCCCCCCC([O-])=Nc1ccc([N+](C)(C)CC)cc1.I. The Morgan fingerprint density at radius 3 is 1.66 bits per heavy atom. The summed E-state index contributed by atoms with van der Waals surface area (Å²) in [6, 6.07) is 8.09. The van der Waals surface area contributed by atoms with E-state index in [0.717, 1.165) is 29.6 Å². The molecule has 0 aromatic heterocycles. The first-order valence-electron chi connectivity index (χ1n) is 11.7. The number of aliphatic imine (C=N–C) groups is 1. The Morgan fingerprint density at radius 2 is 1.21 bits per heavy atom. The van der Waals surface area contributed by atoms with Crippen LogP contribution in [0.1, 0.15) is 97.3 Å². The maximum Gasteiger partial charge on any atom is 0.132 e. The van der Waals surface area contributed by atoms with E-state index in [2.05, 4.69) is 45.1 Å². The van der Waals surface area contributed by atoms with E-state index < -0.39 is 0 Å². The summed E-state index contributed by atoms with van der Waals surface area (Å²) in [6.07, 6.45) is 16.4. The van der Waals surface area contributed by atoms with Crippen LogP contribution < -0.4 is 9.59 Å². The zero-order chi connectivity index (χ0) is 20.7. The highest BCUT2D eigenvalue weighted by atomic mass is 127. The summed E-state index contributed by atoms with van der Waals surface area (Å²) in [4.78, 5) is 4.25. The Bertz CT molecular complexity index is 540. The molecule has 0 saturated carbocycles. The van der Waals surface area contributed by atoms with Crippen molar-refractivity contribution in [3.05, 3.63) is 24.3 Å². The standard InChI is InChI=1S/C25H44N2O.HI/c1-5-7-8-9-10-11-12-13-14-15-16-17-18-25(28)26-23-19-21-24(22-20-23)27(3,4)6-2;/h19-22H,5-18H2,1-4H3;1H. The van der Waals surface area contributed by atoms with Crippen LogP contribution in [0.25, 0.3) is 0 Å². The Hall–Kier alpha value is -0.620. The first-order chi connectivity index (χ1) is 13.5. The molecule has 0 atom stereocenters. The summed E-state index contributed by atoms with van der Waals surface area (Å²) in [6.45, 7) is 5.48. The van der Waals surface area contributed by atoms with Crippen LogP contribution >= 0.6 is 24.0 Å². The van der Waals surface area contributed by atoms with Gasteiger partial charge in [0.2, 0.25) is 0 Å². The average molecular weight is 517 g/mol. The van der Waals surface area contributed by atoms with Gasteiger partial charge in [-0.2, -0.15) is 0 Å². The zero-order valence-corrected chi connectivity index (χ0v) is 21.8. The summed E-state index contributed by atoms with van der Waals surface area (Å²) in [5.74, 6) is 0.0177. The molecule has 1 aromatic rings. The molecule has 0 N–H and O–H groups in total.